The molecule has 1 heterocycles. The third-order valence-electron chi connectivity index (χ3n) is 2.60. The molecule has 0 atom stereocenters. The molecule has 2 N–H and O–H groups in total. The lowest BCUT2D eigenvalue weighted by Gasteiger charge is -2.09. The monoisotopic (exact) mass is 256 g/mol. The average molecular weight is 256 g/mol. The van der Waals surface area contributed by atoms with Crippen molar-refractivity contribution < 1.29 is 14.7 Å². The van der Waals surface area contributed by atoms with E-state index in [1.54, 1.807) is 24.3 Å². The van der Waals surface area contributed by atoms with Gasteiger partial charge in [-0.25, -0.2) is 0 Å². The lowest BCUT2D eigenvalue weighted by molar-refractivity contribution is 0.101. The van der Waals surface area contributed by atoms with Crippen LogP contribution in [0.5, 0.6) is 5.75 Å². The first-order valence-electron chi connectivity index (χ1n) is 5.64. The highest BCUT2D eigenvalue weighted by atomic mass is 16.3. The van der Waals surface area contributed by atoms with Crippen LogP contribution >= 0.6 is 0 Å². The quantitative estimate of drug-likeness (QED) is 0.825. The van der Waals surface area contributed by atoms with E-state index in [0.717, 1.165) is 0 Å². The molecular weight excluding hydrogens is 244 g/mol. The predicted octanol–water partition coefficient (Wildman–Crippen LogP) is 2.24. The standard InChI is InChI=1S/C14H12N2O3/c1-9(17)10-4-2-3-5-12(10)16-14(19)11-6-7-15-8-13(11)18/h2-8,18H,1H3,(H,16,19). The van der Waals surface area contributed by atoms with Crippen molar-refractivity contribution >= 4 is 17.4 Å². The summed E-state index contributed by atoms with van der Waals surface area (Å²) >= 11 is 0. The zero-order valence-corrected chi connectivity index (χ0v) is 10.3. The maximum Gasteiger partial charge on any atom is 0.259 e. The topological polar surface area (TPSA) is 79.3 Å². The summed E-state index contributed by atoms with van der Waals surface area (Å²) in [4.78, 5) is 27.1. The molecule has 5 heteroatoms. The summed E-state index contributed by atoms with van der Waals surface area (Å²) < 4.78 is 0. The predicted molar refractivity (Wildman–Crippen MR) is 70.3 cm³/mol. The fourth-order valence-corrected chi connectivity index (χ4v) is 1.67. The van der Waals surface area contributed by atoms with Gasteiger partial charge in [0.15, 0.2) is 5.78 Å². The summed E-state index contributed by atoms with van der Waals surface area (Å²) in [5.74, 6) is -0.844. The molecule has 0 radical (unpaired) electrons. The molecular formula is C14H12N2O3. The Hall–Kier alpha value is -2.69. The molecule has 0 aliphatic heterocycles. The van der Waals surface area contributed by atoms with Gasteiger partial charge in [0.25, 0.3) is 5.91 Å². The van der Waals surface area contributed by atoms with Crippen LogP contribution in [0.25, 0.3) is 0 Å². The van der Waals surface area contributed by atoms with Crippen LogP contribution in [0.3, 0.4) is 0 Å². The second-order valence-corrected chi connectivity index (χ2v) is 3.95. The number of nitrogens with one attached hydrogen (secondary N) is 1. The second-order valence-electron chi connectivity index (χ2n) is 3.95. The number of carbonyl (C=O) groups is 2. The summed E-state index contributed by atoms with van der Waals surface area (Å²) in [5, 5.41) is 12.1. The SMILES string of the molecule is CC(=O)c1ccccc1NC(=O)c1ccncc1O. The largest absolute Gasteiger partial charge is 0.505 e. The summed E-state index contributed by atoms with van der Waals surface area (Å²) in [6.07, 6.45) is 2.59. The van der Waals surface area contributed by atoms with E-state index < -0.39 is 5.91 Å². The molecule has 0 aliphatic rings. The molecule has 5 nitrogen and oxygen atoms in total. The van der Waals surface area contributed by atoms with Gasteiger partial charge in [0.2, 0.25) is 0 Å². The Morgan fingerprint density at radius 3 is 2.58 bits per heavy atom. The number of para-hydroxylation sites is 1. The second kappa shape index (κ2) is 5.30. The fourth-order valence-electron chi connectivity index (χ4n) is 1.67. The van der Waals surface area contributed by atoms with E-state index >= 15 is 0 Å². The van der Waals surface area contributed by atoms with E-state index in [1.807, 2.05) is 0 Å². The van der Waals surface area contributed by atoms with E-state index in [2.05, 4.69) is 10.3 Å². The van der Waals surface area contributed by atoms with Gasteiger partial charge >= 0.3 is 0 Å². The lowest BCUT2D eigenvalue weighted by Crippen LogP contribution is -2.14. The van der Waals surface area contributed by atoms with E-state index in [0.29, 0.717) is 11.3 Å². The number of hydrogen-bond donors (Lipinski definition) is 2. The van der Waals surface area contributed by atoms with Crippen LogP contribution in [-0.4, -0.2) is 21.8 Å². The summed E-state index contributed by atoms with van der Waals surface area (Å²) in [6.45, 7) is 1.43. The van der Waals surface area contributed by atoms with Gasteiger partial charge in [0, 0.05) is 11.8 Å². The fraction of sp³-hybridized carbons (Fsp3) is 0.0714. The van der Waals surface area contributed by atoms with Crippen LogP contribution in [0, 0.1) is 0 Å². The van der Waals surface area contributed by atoms with Crippen LogP contribution in [0.1, 0.15) is 27.6 Å². The van der Waals surface area contributed by atoms with Gasteiger partial charge < -0.3 is 10.4 Å². The van der Waals surface area contributed by atoms with Crippen LogP contribution in [-0.2, 0) is 0 Å². The first kappa shape index (κ1) is 12.8. The van der Waals surface area contributed by atoms with Crippen molar-refractivity contribution in [1.82, 2.24) is 4.98 Å². The van der Waals surface area contributed by atoms with Crippen LogP contribution < -0.4 is 5.32 Å². The first-order chi connectivity index (χ1) is 9.09. The highest BCUT2D eigenvalue weighted by molar-refractivity contribution is 6.09. The third kappa shape index (κ3) is 2.77. The maximum absolute atomic E-state index is 12.0. The minimum atomic E-state index is -0.492. The number of nitrogens with zero attached hydrogens (tertiary/aromatic N) is 1. The number of aromatic nitrogens is 1. The smallest absolute Gasteiger partial charge is 0.259 e. The maximum atomic E-state index is 12.0. The Kier molecular flexibility index (Phi) is 3.56. The Bertz CT molecular complexity index is 638. The average Bonchev–Trinajstić information content (AvgIpc) is 2.39. The van der Waals surface area contributed by atoms with Crippen LogP contribution in [0.15, 0.2) is 42.7 Å². The van der Waals surface area contributed by atoms with E-state index in [9.17, 15) is 14.7 Å². The zero-order valence-electron chi connectivity index (χ0n) is 10.3. The van der Waals surface area contributed by atoms with Crippen molar-refractivity contribution in [1.29, 1.82) is 0 Å². The Morgan fingerprint density at radius 1 is 1.16 bits per heavy atom. The molecule has 0 spiro atoms. The molecule has 0 unspecified atom stereocenters. The molecule has 1 aromatic carbocycles. The number of pyridine rings is 1. The summed E-state index contributed by atoms with van der Waals surface area (Å²) in [6, 6.07) is 8.10. The number of anilines is 1. The molecule has 0 aliphatic carbocycles. The lowest BCUT2D eigenvalue weighted by atomic mass is 10.1. The van der Waals surface area contributed by atoms with Gasteiger partial charge in [0.05, 0.1) is 17.4 Å². The van der Waals surface area contributed by atoms with Crippen LogP contribution in [0.4, 0.5) is 5.69 Å². The first-order valence-corrected chi connectivity index (χ1v) is 5.64. The van der Waals surface area contributed by atoms with Gasteiger partial charge in [-0.1, -0.05) is 12.1 Å². The van der Waals surface area contributed by atoms with Gasteiger partial charge in [-0.2, -0.15) is 0 Å². The molecule has 0 bridgehead atoms. The molecule has 0 saturated carbocycles. The molecule has 2 rings (SSSR count). The van der Waals surface area contributed by atoms with Gasteiger partial charge in [-0.15, -0.1) is 0 Å². The molecule has 1 amide bonds. The van der Waals surface area contributed by atoms with Crippen molar-refractivity contribution in [3.63, 3.8) is 0 Å². The summed E-state index contributed by atoms with van der Waals surface area (Å²) in [7, 11) is 0. The van der Waals surface area contributed by atoms with Crippen molar-refractivity contribution in [3.8, 4) is 5.75 Å². The highest BCUT2D eigenvalue weighted by Gasteiger charge is 2.13. The number of carbonyl (C=O) groups excluding carboxylic acids is 2. The Morgan fingerprint density at radius 2 is 1.89 bits per heavy atom. The molecule has 19 heavy (non-hydrogen) atoms. The minimum absolute atomic E-state index is 0.105. The van der Waals surface area contributed by atoms with Crippen molar-refractivity contribution in [2.75, 3.05) is 5.32 Å². The van der Waals surface area contributed by atoms with Crippen molar-refractivity contribution in [2.24, 2.45) is 0 Å². The minimum Gasteiger partial charge on any atom is -0.505 e. The third-order valence-corrected chi connectivity index (χ3v) is 2.60. The summed E-state index contributed by atoms with van der Waals surface area (Å²) in [5.41, 5.74) is 0.939. The van der Waals surface area contributed by atoms with E-state index in [1.165, 1.54) is 25.4 Å². The Labute approximate surface area is 109 Å². The molecule has 96 valence electrons. The molecule has 0 saturated heterocycles. The zero-order chi connectivity index (χ0) is 13.8. The van der Waals surface area contributed by atoms with Crippen LogP contribution in [0.2, 0.25) is 0 Å². The number of aromatic hydroxyl groups is 1. The number of benzene rings is 1. The molecule has 0 fully saturated rings. The van der Waals surface area contributed by atoms with Gasteiger partial charge in [-0.3, -0.25) is 14.6 Å². The number of ketones is 1. The highest BCUT2D eigenvalue weighted by Crippen LogP contribution is 2.19. The molecule has 1 aromatic heterocycles. The number of rotatable bonds is 3. The molecule has 2 aromatic rings. The van der Waals surface area contributed by atoms with Gasteiger partial charge in [0.1, 0.15) is 5.75 Å². The Balaban J connectivity index is 2.30. The normalized spacial score (nSPS) is 9.95. The van der Waals surface area contributed by atoms with E-state index in [-0.39, 0.29) is 17.1 Å². The van der Waals surface area contributed by atoms with E-state index in [4.69, 9.17) is 0 Å². The number of amides is 1. The van der Waals surface area contributed by atoms with Crippen molar-refractivity contribution in [3.05, 3.63) is 53.9 Å². The van der Waals surface area contributed by atoms with Crippen molar-refractivity contribution in [2.45, 2.75) is 6.92 Å². The number of Topliss-reactive ketones (excluding diaryl/α,β-unsaturated/α-hetero) is 1. The van der Waals surface area contributed by atoms with Gasteiger partial charge in [-0.05, 0) is 25.1 Å². The number of hydrogen-bond acceptors (Lipinski definition) is 4.